The number of aryl methyl sites for hydroxylation is 1. The first-order valence-electron chi connectivity index (χ1n) is 10.0. The van der Waals surface area contributed by atoms with Gasteiger partial charge in [-0.1, -0.05) is 34.7 Å². The minimum atomic E-state index is -0.440. The van der Waals surface area contributed by atoms with Gasteiger partial charge >= 0.3 is 0 Å². The van der Waals surface area contributed by atoms with E-state index in [9.17, 15) is 10.1 Å². The summed E-state index contributed by atoms with van der Waals surface area (Å²) in [6.07, 6.45) is 1.61. The molecule has 0 unspecified atom stereocenters. The molecule has 2 aromatic carbocycles. The zero-order chi connectivity index (χ0) is 23.2. The van der Waals surface area contributed by atoms with Crippen LogP contribution in [0.4, 0.5) is 5.69 Å². The molecule has 0 bridgehead atoms. The first kappa shape index (κ1) is 19.9. The van der Waals surface area contributed by atoms with Crippen molar-refractivity contribution in [2.75, 3.05) is 0 Å². The number of para-hydroxylation sites is 1. The van der Waals surface area contributed by atoms with Gasteiger partial charge in [0.2, 0.25) is 4.96 Å². The van der Waals surface area contributed by atoms with Crippen molar-refractivity contribution in [1.29, 1.82) is 0 Å². The van der Waals surface area contributed by atoms with Crippen LogP contribution in [0.15, 0.2) is 65.3 Å². The van der Waals surface area contributed by atoms with Gasteiger partial charge in [-0.25, -0.2) is 0 Å². The van der Waals surface area contributed by atoms with E-state index in [2.05, 4.69) is 30.7 Å². The van der Waals surface area contributed by atoms with Crippen molar-refractivity contribution in [2.24, 2.45) is 0 Å². The zero-order valence-corrected chi connectivity index (χ0v) is 18.2. The molecule has 0 amide bonds. The fraction of sp³-hybridized carbons (Fsp3) is 0.0476. The molecule has 4 heterocycles. The number of fused-ring (bicyclic) bond motifs is 1. The van der Waals surface area contributed by atoms with Crippen LogP contribution in [0.5, 0.6) is 0 Å². The van der Waals surface area contributed by atoms with Crippen LogP contribution in [0.3, 0.4) is 0 Å². The Morgan fingerprint density at radius 1 is 1.03 bits per heavy atom. The molecule has 0 aliphatic carbocycles. The molecule has 0 saturated carbocycles. The van der Waals surface area contributed by atoms with Crippen LogP contribution in [-0.2, 0) is 0 Å². The van der Waals surface area contributed by atoms with Crippen molar-refractivity contribution in [3.05, 3.63) is 76.7 Å². The van der Waals surface area contributed by atoms with Crippen LogP contribution >= 0.6 is 11.3 Å². The van der Waals surface area contributed by atoms with Crippen LogP contribution < -0.4 is 0 Å². The molecule has 0 N–H and O–H groups in total. The average Bonchev–Trinajstić information content (AvgIpc) is 3.63. The normalized spacial score (nSPS) is 11.3. The van der Waals surface area contributed by atoms with Gasteiger partial charge in [0.05, 0.1) is 22.4 Å². The summed E-state index contributed by atoms with van der Waals surface area (Å²) in [4.78, 5) is 12.6. The largest absolute Gasteiger partial charge is 0.360 e. The Hall–Kier alpha value is -4.78. The summed E-state index contributed by atoms with van der Waals surface area (Å²) in [6, 6.07) is 15.7. The van der Waals surface area contributed by atoms with Gasteiger partial charge < -0.3 is 4.52 Å². The second kappa shape index (κ2) is 7.67. The maximum absolute atomic E-state index is 10.9. The van der Waals surface area contributed by atoms with Crippen molar-refractivity contribution < 1.29 is 9.45 Å². The lowest BCUT2D eigenvalue weighted by atomic mass is 10.1. The second-order valence-electron chi connectivity index (χ2n) is 7.25. The molecule has 12 nitrogen and oxygen atoms in total. The number of aromatic nitrogens is 8. The number of rotatable bonds is 5. The minimum Gasteiger partial charge on any atom is -0.360 e. The molecule has 0 aliphatic heterocycles. The number of non-ortho nitro benzene ring substituents is 1. The molecule has 4 aromatic heterocycles. The number of hydrogen-bond donors (Lipinski definition) is 0. The molecular formula is C21H13N9O3S. The average molecular weight is 471 g/mol. The zero-order valence-electron chi connectivity index (χ0n) is 17.4. The van der Waals surface area contributed by atoms with E-state index in [0.29, 0.717) is 38.5 Å². The Morgan fingerprint density at radius 2 is 1.82 bits per heavy atom. The molecule has 6 aromatic rings. The number of nitro groups is 1. The van der Waals surface area contributed by atoms with Gasteiger partial charge in [-0.2, -0.15) is 19.5 Å². The molecule has 166 valence electrons. The van der Waals surface area contributed by atoms with Gasteiger partial charge in [-0.15, -0.1) is 15.3 Å². The number of hydrogen-bond acceptors (Lipinski definition) is 10. The van der Waals surface area contributed by atoms with E-state index in [4.69, 9.17) is 4.52 Å². The fourth-order valence-electron chi connectivity index (χ4n) is 3.48. The molecule has 0 radical (unpaired) electrons. The lowest BCUT2D eigenvalue weighted by Gasteiger charge is -1.98. The minimum absolute atomic E-state index is 0.0146. The van der Waals surface area contributed by atoms with Gasteiger partial charge in [0.25, 0.3) is 5.69 Å². The monoisotopic (exact) mass is 471 g/mol. The quantitative estimate of drug-likeness (QED) is 0.269. The summed E-state index contributed by atoms with van der Waals surface area (Å²) in [5.41, 5.74) is 3.15. The SMILES string of the molecule is Cc1onc(-c2cnn(-c3ccccc3)n2)c1-c1nnc2sc(-c3ccc([N+](=O)[O-])cc3)nn12. The number of nitro benzene ring substituents is 1. The summed E-state index contributed by atoms with van der Waals surface area (Å²) in [5.74, 6) is 0.978. The van der Waals surface area contributed by atoms with Crippen LogP contribution in [0.1, 0.15) is 5.76 Å². The topological polar surface area (TPSA) is 143 Å². The van der Waals surface area contributed by atoms with E-state index in [1.54, 1.807) is 29.8 Å². The Kier molecular flexibility index (Phi) is 4.48. The van der Waals surface area contributed by atoms with Crippen LogP contribution in [0, 0.1) is 17.0 Å². The van der Waals surface area contributed by atoms with E-state index in [-0.39, 0.29) is 5.69 Å². The van der Waals surface area contributed by atoms with Crippen molar-refractivity contribution in [3.8, 4) is 39.0 Å². The van der Waals surface area contributed by atoms with Crippen molar-refractivity contribution in [1.82, 2.24) is 40.0 Å². The second-order valence-corrected chi connectivity index (χ2v) is 8.20. The summed E-state index contributed by atoms with van der Waals surface area (Å²) in [7, 11) is 0. The Bertz CT molecular complexity index is 1650. The van der Waals surface area contributed by atoms with Gasteiger partial charge in [-0.3, -0.25) is 10.1 Å². The van der Waals surface area contributed by atoms with Crippen molar-refractivity contribution in [3.63, 3.8) is 0 Å². The van der Waals surface area contributed by atoms with Crippen LogP contribution in [0.2, 0.25) is 0 Å². The van der Waals surface area contributed by atoms with Gasteiger partial charge in [0.15, 0.2) is 5.82 Å². The first-order valence-corrected chi connectivity index (χ1v) is 10.8. The predicted octanol–water partition coefficient (Wildman–Crippen LogP) is 3.97. The number of nitrogens with zero attached hydrogens (tertiary/aromatic N) is 9. The maximum atomic E-state index is 10.9. The fourth-order valence-corrected chi connectivity index (χ4v) is 4.33. The summed E-state index contributed by atoms with van der Waals surface area (Å²) in [6.45, 7) is 1.78. The lowest BCUT2D eigenvalue weighted by molar-refractivity contribution is -0.384. The predicted molar refractivity (Wildman–Crippen MR) is 121 cm³/mol. The van der Waals surface area contributed by atoms with Gasteiger partial charge in [-0.05, 0) is 31.2 Å². The van der Waals surface area contributed by atoms with E-state index < -0.39 is 4.92 Å². The highest BCUT2D eigenvalue weighted by Crippen LogP contribution is 2.34. The van der Waals surface area contributed by atoms with E-state index >= 15 is 0 Å². The molecule has 0 saturated heterocycles. The standard InChI is InChI=1S/C21H13N9O3S/c1-12-17(18(27-33-12)16-11-22-29(25-16)14-5-3-2-4-6-14)19-23-24-21-28(19)26-20(34-21)13-7-9-15(10-8-13)30(31)32/h2-11H,1H3. The van der Waals surface area contributed by atoms with Crippen LogP contribution in [0.25, 0.3) is 44.0 Å². The summed E-state index contributed by atoms with van der Waals surface area (Å²) < 4.78 is 7.07. The molecule has 0 fully saturated rings. The molecule has 0 spiro atoms. The highest BCUT2D eigenvalue weighted by molar-refractivity contribution is 7.19. The third kappa shape index (κ3) is 3.22. The lowest BCUT2D eigenvalue weighted by Crippen LogP contribution is -1.98. The Balaban J connectivity index is 1.41. The summed E-state index contributed by atoms with van der Waals surface area (Å²) >= 11 is 1.32. The highest BCUT2D eigenvalue weighted by atomic mass is 32.1. The Morgan fingerprint density at radius 3 is 2.59 bits per heavy atom. The van der Waals surface area contributed by atoms with E-state index in [1.807, 2.05) is 30.3 Å². The van der Waals surface area contributed by atoms with Gasteiger partial charge in [0.1, 0.15) is 22.2 Å². The Labute approximate surface area is 194 Å². The van der Waals surface area contributed by atoms with Crippen molar-refractivity contribution in [2.45, 2.75) is 6.92 Å². The van der Waals surface area contributed by atoms with Crippen molar-refractivity contribution >= 4 is 22.0 Å². The molecule has 0 aliphatic rings. The van der Waals surface area contributed by atoms with Gasteiger partial charge in [0, 0.05) is 17.7 Å². The molecular weight excluding hydrogens is 458 g/mol. The molecule has 6 rings (SSSR count). The van der Waals surface area contributed by atoms with E-state index in [1.165, 1.54) is 28.3 Å². The maximum Gasteiger partial charge on any atom is 0.269 e. The van der Waals surface area contributed by atoms with Crippen LogP contribution in [-0.4, -0.2) is 44.9 Å². The van der Waals surface area contributed by atoms with E-state index in [0.717, 1.165) is 11.3 Å². The molecule has 34 heavy (non-hydrogen) atoms. The summed E-state index contributed by atoms with van der Waals surface area (Å²) in [5, 5.41) is 37.8. The molecule has 0 atom stereocenters. The third-order valence-corrected chi connectivity index (χ3v) is 6.07. The highest BCUT2D eigenvalue weighted by Gasteiger charge is 2.25. The third-order valence-electron chi connectivity index (χ3n) is 5.12. The number of benzene rings is 2. The smallest absolute Gasteiger partial charge is 0.269 e. The first-order chi connectivity index (χ1) is 16.6. The molecule has 13 heteroatoms.